The van der Waals surface area contributed by atoms with E-state index in [-0.39, 0.29) is 6.09 Å². The number of amides is 1. The molecule has 2 rings (SSSR count). The first kappa shape index (κ1) is 17.8. The molecule has 4 nitrogen and oxygen atoms in total. The quantitative estimate of drug-likeness (QED) is 0.704. The molecule has 0 unspecified atom stereocenters. The summed E-state index contributed by atoms with van der Waals surface area (Å²) in [4.78, 5) is 15.4. The molecule has 1 fully saturated rings. The van der Waals surface area contributed by atoms with Gasteiger partial charge in [0.2, 0.25) is 0 Å². The molecule has 1 aromatic rings. The van der Waals surface area contributed by atoms with Crippen LogP contribution in [0.4, 0.5) is 4.79 Å². The van der Waals surface area contributed by atoms with Crippen LogP contribution in [0.5, 0.6) is 0 Å². The van der Waals surface area contributed by atoms with Gasteiger partial charge in [0.1, 0.15) is 5.60 Å². The van der Waals surface area contributed by atoms with Crippen molar-refractivity contribution in [2.75, 3.05) is 13.1 Å². The molecule has 1 N–H and O–H groups in total. The van der Waals surface area contributed by atoms with Crippen LogP contribution in [0.3, 0.4) is 0 Å². The number of ether oxygens (including phenoxy) is 1. The molecule has 0 bridgehead atoms. The lowest BCUT2D eigenvalue weighted by Crippen LogP contribution is -2.39. The summed E-state index contributed by atoms with van der Waals surface area (Å²) < 4.78 is 6.66. The fourth-order valence-corrected chi connectivity index (χ4v) is 3.62. The fourth-order valence-electron chi connectivity index (χ4n) is 2.16. The van der Waals surface area contributed by atoms with E-state index < -0.39 is 5.60 Å². The van der Waals surface area contributed by atoms with Gasteiger partial charge in [-0.2, -0.15) is 0 Å². The number of hydrogen-bond donors (Lipinski definition) is 1. The van der Waals surface area contributed by atoms with Crippen molar-refractivity contribution < 1.29 is 9.53 Å². The number of hydrogen-bond acceptors (Lipinski definition) is 4. The third-order valence-corrected chi connectivity index (χ3v) is 5.27. The second kappa shape index (κ2) is 7.79. The molecule has 22 heavy (non-hydrogen) atoms. The summed E-state index contributed by atoms with van der Waals surface area (Å²) in [6, 6.07) is 2.46. The van der Waals surface area contributed by atoms with Gasteiger partial charge in [0, 0.05) is 28.5 Å². The Morgan fingerprint density at radius 3 is 2.77 bits per heavy atom. The minimum absolute atomic E-state index is 0.170. The van der Waals surface area contributed by atoms with Crippen LogP contribution in [-0.4, -0.2) is 35.7 Å². The van der Waals surface area contributed by atoms with Gasteiger partial charge >= 0.3 is 6.09 Å². The molecule has 6 heteroatoms. The first-order valence-electron chi connectivity index (χ1n) is 7.79. The molecule has 124 valence electrons. The van der Waals surface area contributed by atoms with Crippen LogP contribution in [0, 0.1) is 0 Å². The van der Waals surface area contributed by atoms with Crippen molar-refractivity contribution in [3.8, 4) is 0 Å². The van der Waals surface area contributed by atoms with E-state index in [0.717, 1.165) is 38.9 Å². The van der Waals surface area contributed by atoms with Crippen molar-refractivity contribution >= 4 is 33.4 Å². The van der Waals surface area contributed by atoms with Crippen LogP contribution in [0.2, 0.25) is 0 Å². The van der Waals surface area contributed by atoms with Crippen molar-refractivity contribution in [3.05, 3.63) is 20.8 Å². The van der Waals surface area contributed by atoms with Crippen molar-refractivity contribution in [2.24, 2.45) is 0 Å². The van der Waals surface area contributed by atoms with E-state index in [0.29, 0.717) is 6.04 Å². The Morgan fingerprint density at radius 2 is 2.23 bits per heavy atom. The fraction of sp³-hybridized carbons (Fsp3) is 0.688. The zero-order valence-electron chi connectivity index (χ0n) is 13.5. The summed E-state index contributed by atoms with van der Waals surface area (Å²) >= 11 is 5.28. The van der Waals surface area contributed by atoms with E-state index in [1.165, 1.54) is 9.35 Å². The number of nitrogens with zero attached hydrogens (tertiary/aromatic N) is 1. The molecule has 1 saturated carbocycles. The number of carbonyl (C=O) groups excluding carboxylic acids is 1. The predicted octanol–water partition coefficient (Wildman–Crippen LogP) is 4.39. The molecule has 0 atom stereocenters. The Labute approximate surface area is 145 Å². The van der Waals surface area contributed by atoms with Gasteiger partial charge in [-0.15, -0.1) is 11.3 Å². The van der Waals surface area contributed by atoms with Crippen molar-refractivity contribution in [2.45, 2.75) is 58.2 Å². The molecular weight excluding hydrogens is 364 g/mol. The third kappa shape index (κ3) is 5.89. The maximum atomic E-state index is 12.2. The molecule has 0 aromatic carbocycles. The Hall–Kier alpha value is -0.590. The molecule has 0 aliphatic heterocycles. The normalized spacial score (nSPS) is 14.9. The summed E-state index contributed by atoms with van der Waals surface area (Å²) in [5, 5.41) is 5.51. The highest BCUT2D eigenvalue weighted by atomic mass is 79.9. The molecule has 1 aliphatic rings. The van der Waals surface area contributed by atoms with Gasteiger partial charge in [-0.1, -0.05) is 0 Å². The lowest BCUT2D eigenvalue weighted by Gasteiger charge is -2.27. The van der Waals surface area contributed by atoms with Crippen LogP contribution < -0.4 is 5.32 Å². The summed E-state index contributed by atoms with van der Waals surface area (Å²) in [5.74, 6) is 0. The highest BCUT2D eigenvalue weighted by molar-refractivity contribution is 9.10. The largest absolute Gasteiger partial charge is 0.444 e. The average molecular weight is 389 g/mol. The van der Waals surface area contributed by atoms with Gasteiger partial charge in [-0.3, -0.25) is 0 Å². The first-order valence-corrected chi connectivity index (χ1v) is 9.46. The van der Waals surface area contributed by atoms with Gasteiger partial charge in [0.15, 0.2) is 0 Å². The van der Waals surface area contributed by atoms with E-state index in [2.05, 4.69) is 32.7 Å². The minimum atomic E-state index is -0.423. The Balaban J connectivity index is 1.69. The minimum Gasteiger partial charge on any atom is -0.444 e. The zero-order valence-corrected chi connectivity index (χ0v) is 15.9. The van der Waals surface area contributed by atoms with Crippen molar-refractivity contribution in [3.63, 3.8) is 0 Å². The van der Waals surface area contributed by atoms with E-state index >= 15 is 0 Å². The van der Waals surface area contributed by atoms with Gasteiger partial charge in [-0.05, 0) is 74.0 Å². The topological polar surface area (TPSA) is 41.6 Å². The van der Waals surface area contributed by atoms with E-state index in [4.69, 9.17) is 4.74 Å². The van der Waals surface area contributed by atoms with Gasteiger partial charge in [0.25, 0.3) is 0 Å². The van der Waals surface area contributed by atoms with Gasteiger partial charge in [-0.25, -0.2) is 4.79 Å². The Kier molecular flexibility index (Phi) is 6.29. The third-order valence-electron chi connectivity index (χ3n) is 3.34. The molecule has 1 amide bonds. The number of thiophene rings is 1. The molecular formula is C16H25BrN2O2S. The van der Waals surface area contributed by atoms with E-state index in [1.54, 1.807) is 11.3 Å². The first-order chi connectivity index (χ1) is 10.4. The predicted molar refractivity (Wildman–Crippen MR) is 94.3 cm³/mol. The molecule has 1 aliphatic carbocycles. The van der Waals surface area contributed by atoms with Gasteiger partial charge in [0.05, 0.1) is 0 Å². The van der Waals surface area contributed by atoms with Crippen LogP contribution in [0.1, 0.15) is 44.9 Å². The van der Waals surface area contributed by atoms with Crippen molar-refractivity contribution in [1.29, 1.82) is 0 Å². The van der Waals surface area contributed by atoms with E-state index in [1.807, 2.05) is 25.7 Å². The maximum Gasteiger partial charge on any atom is 0.410 e. The number of halogens is 1. The molecule has 0 saturated heterocycles. The van der Waals surface area contributed by atoms with Crippen molar-refractivity contribution in [1.82, 2.24) is 10.2 Å². The zero-order chi connectivity index (χ0) is 16.2. The lowest BCUT2D eigenvalue weighted by atomic mass is 10.2. The highest BCUT2D eigenvalue weighted by Crippen LogP contribution is 2.28. The van der Waals surface area contributed by atoms with Gasteiger partial charge < -0.3 is 15.0 Å². The number of rotatable bonds is 7. The number of carbonyl (C=O) groups is 1. The van der Waals surface area contributed by atoms with Crippen LogP contribution in [0.25, 0.3) is 0 Å². The van der Waals surface area contributed by atoms with Crippen LogP contribution >= 0.6 is 27.3 Å². The molecule has 0 spiro atoms. The standard InChI is InChI=1S/C16H25BrN2O2S/c1-16(2,3)21-15(20)19(12-5-6-12)9-4-8-18-11-14-13(17)7-10-22-14/h7,10,12,18H,4-6,8-9,11H2,1-3H3. The maximum absolute atomic E-state index is 12.2. The second-order valence-corrected chi connectivity index (χ2v) is 8.48. The average Bonchev–Trinajstić information content (AvgIpc) is 3.15. The monoisotopic (exact) mass is 388 g/mol. The van der Waals surface area contributed by atoms with Crippen LogP contribution in [-0.2, 0) is 11.3 Å². The second-order valence-electron chi connectivity index (χ2n) is 6.63. The Morgan fingerprint density at radius 1 is 1.50 bits per heavy atom. The van der Waals surface area contributed by atoms with E-state index in [9.17, 15) is 4.79 Å². The molecule has 0 radical (unpaired) electrons. The van der Waals surface area contributed by atoms with Crippen LogP contribution in [0.15, 0.2) is 15.9 Å². The Bertz CT molecular complexity index is 495. The molecule has 1 heterocycles. The smallest absolute Gasteiger partial charge is 0.410 e. The summed E-state index contributed by atoms with van der Waals surface area (Å²) in [6.45, 7) is 8.27. The summed E-state index contributed by atoms with van der Waals surface area (Å²) in [6.07, 6.45) is 2.98. The highest BCUT2D eigenvalue weighted by Gasteiger charge is 2.34. The number of nitrogens with one attached hydrogen (secondary N) is 1. The molecule has 1 aromatic heterocycles. The summed E-state index contributed by atoms with van der Waals surface area (Å²) in [7, 11) is 0. The lowest BCUT2D eigenvalue weighted by molar-refractivity contribution is 0.0232. The summed E-state index contributed by atoms with van der Waals surface area (Å²) in [5.41, 5.74) is -0.423. The SMILES string of the molecule is CC(C)(C)OC(=O)N(CCCNCc1sccc1Br)C1CC1.